The van der Waals surface area contributed by atoms with Crippen molar-refractivity contribution in [1.82, 2.24) is 9.55 Å². The first kappa shape index (κ1) is 7.84. The van der Waals surface area contributed by atoms with Gasteiger partial charge in [0.1, 0.15) is 5.82 Å². The fraction of sp³-hybridized carbons (Fsp3) is 0.700. The molecule has 2 heteroatoms. The molecule has 0 N–H and O–H groups in total. The van der Waals surface area contributed by atoms with Gasteiger partial charge in [0.05, 0.1) is 0 Å². The first-order chi connectivity index (χ1) is 5.90. The van der Waals surface area contributed by atoms with Gasteiger partial charge in [-0.05, 0) is 12.3 Å². The second-order valence-corrected chi connectivity index (χ2v) is 3.62. The van der Waals surface area contributed by atoms with Crippen molar-refractivity contribution in [3.63, 3.8) is 0 Å². The van der Waals surface area contributed by atoms with E-state index >= 15 is 0 Å². The highest BCUT2D eigenvalue weighted by Crippen LogP contribution is 2.32. The van der Waals surface area contributed by atoms with E-state index in [1.807, 2.05) is 6.20 Å². The first-order valence-electron chi connectivity index (χ1n) is 4.90. The van der Waals surface area contributed by atoms with Crippen molar-refractivity contribution >= 4 is 0 Å². The lowest BCUT2D eigenvalue weighted by Gasteiger charge is -2.04. The van der Waals surface area contributed by atoms with Gasteiger partial charge in [0.25, 0.3) is 0 Å². The Hall–Kier alpha value is -0.790. The Morgan fingerprint density at radius 1 is 1.58 bits per heavy atom. The third-order valence-electron chi connectivity index (χ3n) is 2.59. The van der Waals surface area contributed by atoms with Crippen LogP contribution in [-0.2, 0) is 13.0 Å². The predicted octanol–water partition coefficient (Wildman–Crippen LogP) is 2.25. The maximum absolute atomic E-state index is 4.30. The number of rotatable bonds is 4. The molecule has 0 aromatic carbocycles. The molecule has 1 aliphatic rings. The van der Waals surface area contributed by atoms with Crippen molar-refractivity contribution in [1.29, 1.82) is 0 Å². The van der Waals surface area contributed by atoms with Gasteiger partial charge in [0.2, 0.25) is 0 Å². The van der Waals surface area contributed by atoms with Crippen LogP contribution in [0.2, 0.25) is 0 Å². The molecule has 0 aliphatic heterocycles. The van der Waals surface area contributed by atoms with Gasteiger partial charge >= 0.3 is 0 Å². The number of imidazole rings is 1. The van der Waals surface area contributed by atoms with Gasteiger partial charge in [0, 0.05) is 25.4 Å². The summed E-state index contributed by atoms with van der Waals surface area (Å²) in [6, 6.07) is 0. The molecule has 0 atom stereocenters. The molecule has 2 nitrogen and oxygen atoms in total. The van der Waals surface area contributed by atoms with E-state index in [0.29, 0.717) is 0 Å². The van der Waals surface area contributed by atoms with E-state index in [1.165, 1.54) is 31.6 Å². The zero-order valence-corrected chi connectivity index (χ0v) is 7.66. The van der Waals surface area contributed by atoms with Gasteiger partial charge < -0.3 is 4.57 Å². The molecular weight excluding hydrogens is 148 g/mol. The van der Waals surface area contributed by atoms with E-state index in [-0.39, 0.29) is 0 Å². The highest BCUT2D eigenvalue weighted by molar-refractivity contribution is 4.91. The van der Waals surface area contributed by atoms with Crippen LogP contribution < -0.4 is 0 Å². The van der Waals surface area contributed by atoms with Gasteiger partial charge in [-0.2, -0.15) is 0 Å². The van der Waals surface area contributed by atoms with Crippen molar-refractivity contribution in [2.75, 3.05) is 0 Å². The maximum Gasteiger partial charge on any atom is 0.108 e. The molecule has 0 unspecified atom stereocenters. The molecule has 1 saturated carbocycles. The smallest absolute Gasteiger partial charge is 0.108 e. The van der Waals surface area contributed by atoms with Gasteiger partial charge in [-0.3, -0.25) is 0 Å². The number of aromatic nitrogens is 2. The monoisotopic (exact) mass is 164 g/mol. The Labute approximate surface area is 73.6 Å². The van der Waals surface area contributed by atoms with Crippen LogP contribution in [0.3, 0.4) is 0 Å². The highest BCUT2D eigenvalue weighted by Gasteiger charge is 2.20. The second kappa shape index (κ2) is 3.30. The molecule has 0 saturated heterocycles. The average molecular weight is 164 g/mol. The van der Waals surface area contributed by atoms with Crippen LogP contribution in [0.5, 0.6) is 0 Å². The van der Waals surface area contributed by atoms with Crippen molar-refractivity contribution in [3.05, 3.63) is 18.2 Å². The molecule has 0 radical (unpaired) electrons. The average Bonchev–Trinajstić information content (AvgIpc) is 2.81. The summed E-state index contributed by atoms with van der Waals surface area (Å²) >= 11 is 0. The Morgan fingerprint density at radius 2 is 2.42 bits per heavy atom. The summed E-state index contributed by atoms with van der Waals surface area (Å²) in [5.74, 6) is 2.26. The SMILES string of the molecule is CCc1nccn1CCC1CC1. The zero-order chi connectivity index (χ0) is 8.39. The van der Waals surface area contributed by atoms with Crippen LogP contribution >= 0.6 is 0 Å². The molecule has 0 spiro atoms. The summed E-state index contributed by atoms with van der Waals surface area (Å²) in [4.78, 5) is 4.30. The third kappa shape index (κ3) is 1.68. The maximum atomic E-state index is 4.30. The lowest BCUT2D eigenvalue weighted by Crippen LogP contribution is -2.02. The molecule has 1 aromatic heterocycles. The van der Waals surface area contributed by atoms with E-state index in [0.717, 1.165) is 12.3 Å². The minimum Gasteiger partial charge on any atom is -0.335 e. The van der Waals surface area contributed by atoms with Crippen LogP contribution in [-0.4, -0.2) is 9.55 Å². The lowest BCUT2D eigenvalue weighted by atomic mass is 10.3. The summed E-state index contributed by atoms with van der Waals surface area (Å²) in [7, 11) is 0. The van der Waals surface area contributed by atoms with E-state index < -0.39 is 0 Å². The molecular formula is C10H16N2. The van der Waals surface area contributed by atoms with Crippen molar-refractivity contribution in [2.24, 2.45) is 5.92 Å². The second-order valence-electron chi connectivity index (χ2n) is 3.62. The quantitative estimate of drug-likeness (QED) is 0.667. The fourth-order valence-electron chi connectivity index (χ4n) is 1.59. The number of hydrogen-bond donors (Lipinski definition) is 0. The van der Waals surface area contributed by atoms with Crippen molar-refractivity contribution < 1.29 is 0 Å². The van der Waals surface area contributed by atoms with E-state index in [4.69, 9.17) is 0 Å². The van der Waals surface area contributed by atoms with Crippen LogP contribution in [0.15, 0.2) is 12.4 Å². The van der Waals surface area contributed by atoms with Gasteiger partial charge in [-0.15, -0.1) is 0 Å². The summed E-state index contributed by atoms with van der Waals surface area (Å²) in [5, 5.41) is 0. The van der Waals surface area contributed by atoms with E-state index in [1.54, 1.807) is 0 Å². The van der Waals surface area contributed by atoms with Gasteiger partial charge in [-0.1, -0.05) is 19.8 Å². The number of aryl methyl sites for hydroxylation is 2. The lowest BCUT2D eigenvalue weighted by molar-refractivity contribution is 0.576. The summed E-state index contributed by atoms with van der Waals surface area (Å²) in [6.45, 7) is 3.34. The number of nitrogens with zero attached hydrogens (tertiary/aromatic N) is 2. The van der Waals surface area contributed by atoms with Crippen LogP contribution in [0.4, 0.5) is 0 Å². The van der Waals surface area contributed by atoms with E-state index in [2.05, 4.69) is 22.7 Å². The Kier molecular flexibility index (Phi) is 2.15. The van der Waals surface area contributed by atoms with Gasteiger partial charge in [0.15, 0.2) is 0 Å². The van der Waals surface area contributed by atoms with Crippen LogP contribution in [0, 0.1) is 5.92 Å². The Balaban J connectivity index is 1.91. The largest absolute Gasteiger partial charge is 0.335 e. The molecule has 0 amide bonds. The first-order valence-corrected chi connectivity index (χ1v) is 4.90. The van der Waals surface area contributed by atoms with Crippen LogP contribution in [0.25, 0.3) is 0 Å². The van der Waals surface area contributed by atoms with Gasteiger partial charge in [-0.25, -0.2) is 4.98 Å². The predicted molar refractivity (Wildman–Crippen MR) is 48.9 cm³/mol. The molecule has 12 heavy (non-hydrogen) atoms. The van der Waals surface area contributed by atoms with Crippen molar-refractivity contribution in [3.8, 4) is 0 Å². The Morgan fingerprint density at radius 3 is 3.08 bits per heavy atom. The topological polar surface area (TPSA) is 17.8 Å². The van der Waals surface area contributed by atoms with Crippen LogP contribution in [0.1, 0.15) is 32.0 Å². The molecule has 0 bridgehead atoms. The zero-order valence-electron chi connectivity index (χ0n) is 7.66. The molecule has 1 aliphatic carbocycles. The molecule has 2 rings (SSSR count). The minimum absolute atomic E-state index is 1.03. The minimum atomic E-state index is 1.03. The summed E-state index contributed by atoms with van der Waals surface area (Å²) in [5.41, 5.74) is 0. The third-order valence-corrected chi connectivity index (χ3v) is 2.59. The highest BCUT2D eigenvalue weighted by atomic mass is 15.1. The van der Waals surface area contributed by atoms with E-state index in [9.17, 15) is 0 Å². The molecule has 1 aromatic rings. The number of hydrogen-bond acceptors (Lipinski definition) is 1. The normalized spacial score (nSPS) is 16.8. The fourth-order valence-corrected chi connectivity index (χ4v) is 1.59. The van der Waals surface area contributed by atoms with Crippen molar-refractivity contribution in [2.45, 2.75) is 39.2 Å². The standard InChI is InChI=1S/C10H16N2/c1-2-10-11-6-8-12(10)7-5-9-3-4-9/h6,8-9H,2-5,7H2,1H3. The summed E-state index contributed by atoms with van der Waals surface area (Å²) < 4.78 is 2.29. The molecule has 1 fully saturated rings. The molecule has 1 heterocycles. The summed E-state index contributed by atoms with van der Waals surface area (Å²) in [6.07, 6.45) is 9.32. The molecule has 66 valence electrons. The Bertz CT molecular complexity index is 248.